The van der Waals surface area contributed by atoms with E-state index >= 15 is 0 Å². The van der Waals surface area contributed by atoms with E-state index in [0.29, 0.717) is 5.56 Å². The quantitative estimate of drug-likeness (QED) is 0.516. The molecule has 0 aromatic heterocycles. The minimum absolute atomic E-state index is 0. The third-order valence-electron chi connectivity index (χ3n) is 1.02. The zero-order chi connectivity index (χ0) is 6.69. The Morgan fingerprint density at radius 2 is 1.13 bits per heavy atom. The lowest BCUT2D eigenvalue weighted by Gasteiger charge is -1.88. The molecule has 0 heterocycles. The van der Waals surface area contributed by atoms with E-state index in [9.17, 15) is 4.79 Å². The average Bonchev–Trinajstić information content (AvgIpc) is 1.90. The van der Waals surface area contributed by atoms with Gasteiger partial charge in [-0.15, -0.1) is 0 Å². The molecule has 1 aromatic rings. The molecule has 0 amide bonds. The molecule has 1 rings (SSSR count). The summed E-state index contributed by atoms with van der Waals surface area (Å²) in [7, 11) is 0. The van der Waals surface area contributed by atoms with Crippen LogP contribution < -0.4 is 0 Å². The molecule has 1 aromatic carbocycles. The Balaban J connectivity index is -0.0000000337. The van der Waals surface area contributed by atoms with Gasteiger partial charge in [0.25, 0.3) is 0 Å². The molecule has 0 unspecified atom stereocenters. The third-order valence-corrected chi connectivity index (χ3v) is 1.02. The molecule has 0 aliphatic heterocycles. The summed E-state index contributed by atoms with van der Waals surface area (Å²) in [6, 6.07) is 8.30. The van der Waals surface area contributed by atoms with Crippen molar-refractivity contribution in [2.45, 2.75) is 0 Å². The van der Waals surface area contributed by atoms with Gasteiger partial charge in [-0.05, 0) is 12.1 Å². The van der Waals surface area contributed by atoms with Gasteiger partial charge in [0, 0.05) is 0 Å². The van der Waals surface area contributed by atoms with Crippen molar-refractivity contribution in [2.75, 3.05) is 0 Å². The molecule has 0 fully saturated rings. The number of benzene rings is 1. The largest absolute Gasteiger partial charge is 0.478 e. The number of carbonyl (C=O) groups is 1. The first-order valence-corrected chi connectivity index (χ1v) is 2.59. The van der Waals surface area contributed by atoms with E-state index in [2.05, 4.69) is 0 Å². The zero-order valence-electron chi connectivity index (χ0n) is 7.74. The second kappa shape index (κ2) is 18.3. The highest BCUT2D eigenvalue weighted by atomic mass is 16.4. The fourth-order valence-electron chi connectivity index (χ4n) is 0.581. The van der Waals surface area contributed by atoms with E-state index in [1.54, 1.807) is 30.3 Å². The van der Waals surface area contributed by atoms with Crippen LogP contribution in [0.2, 0.25) is 0 Å². The summed E-state index contributed by atoms with van der Waals surface area (Å²) in [4.78, 5) is 10.2. The summed E-state index contributed by atoms with van der Waals surface area (Å²) in [6.45, 7) is 0. The highest BCUT2D eigenvalue weighted by molar-refractivity contribution is 5.87. The van der Waals surface area contributed by atoms with Crippen molar-refractivity contribution in [3.63, 3.8) is 0 Å². The van der Waals surface area contributed by atoms with Crippen molar-refractivity contribution in [1.29, 1.82) is 0 Å². The molecule has 0 saturated heterocycles. The second-order valence-corrected chi connectivity index (χ2v) is 1.67. The molecule has 8 nitrogen and oxygen atoms in total. The van der Waals surface area contributed by atoms with E-state index in [1.165, 1.54) is 0 Å². The van der Waals surface area contributed by atoms with Crippen LogP contribution in [0.4, 0.5) is 0 Å². The van der Waals surface area contributed by atoms with Crippen LogP contribution in [0, 0.1) is 0 Å². The summed E-state index contributed by atoms with van der Waals surface area (Å²) in [5.74, 6) is -0.879. The summed E-state index contributed by atoms with van der Waals surface area (Å²) < 4.78 is 0. The minimum atomic E-state index is -0.879. The Morgan fingerprint density at radius 1 is 0.800 bits per heavy atom. The van der Waals surface area contributed by atoms with Gasteiger partial charge in [-0.1, -0.05) is 18.2 Å². The monoisotopic (exact) mass is 230 g/mol. The molecule has 0 radical (unpaired) electrons. The van der Waals surface area contributed by atoms with Gasteiger partial charge in [-0.2, -0.15) is 0 Å². The van der Waals surface area contributed by atoms with Gasteiger partial charge >= 0.3 is 5.97 Å². The first kappa shape index (κ1) is 37.6. The molecule has 94 valence electrons. The molecule has 15 heavy (non-hydrogen) atoms. The summed E-state index contributed by atoms with van der Waals surface area (Å²) in [5.41, 5.74) is 0.331. The van der Waals surface area contributed by atoms with E-state index in [1.807, 2.05) is 0 Å². The zero-order valence-corrected chi connectivity index (χ0v) is 7.74. The highest BCUT2D eigenvalue weighted by Crippen LogP contribution is 1.96. The number of aromatic carboxylic acids is 1. The lowest BCUT2D eigenvalue weighted by atomic mass is 10.2. The summed E-state index contributed by atoms with van der Waals surface area (Å²) in [5, 5.41) is 8.38. The molecule has 0 saturated carbocycles. The molecule has 0 bridgehead atoms. The molecular weight excluding hydrogens is 212 g/mol. The fraction of sp³-hybridized carbons (Fsp3) is 0. The minimum Gasteiger partial charge on any atom is -0.478 e. The number of hydrogen-bond donors (Lipinski definition) is 1. The van der Waals surface area contributed by atoms with Crippen molar-refractivity contribution in [3.8, 4) is 0 Å². The standard InChI is InChI=1S/C7H6O2.6H2O/c8-7(9)6-4-2-1-3-5-6;;;;;;/h1-5H,(H,8,9);6*1H2. The molecule has 0 aliphatic rings. The predicted octanol–water partition coefficient (Wildman–Crippen LogP) is -3.56. The highest BCUT2D eigenvalue weighted by Gasteiger charge is 1.96. The number of hydrogen-bond acceptors (Lipinski definition) is 1. The maximum absolute atomic E-state index is 10.2. The van der Waals surface area contributed by atoms with Crippen molar-refractivity contribution < 1.29 is 42.8 Å². The Labute approximate surface area is 85.6 Å². The lowest BCUT2D eigenvalue weighted by Crippen LogP contribution is -1.93. The van der Waals surface area contributed by atoms with Crippen LogP contribution >= 0.6 is 0 Å². The molecule has 8 heteroatoms. The fourth-order valence-corrected chi connectivity index (χ4v) is 0.581. The van der Waals surface area contributed by atoms with Crippen LogP contribution in [0.3, 0.4) is 0 Å². The van der Waals surface area contributed by atoms with Crippen LogP contribution in [0.25, 0.3) is 0 Å². The van der Waals surface area contributed by atoms with Crippen molar-refractivity contribution >= 4 is 5.97 Å². The van der Waals surface area contributed by atoms with Crippen LogP contribution in [0.1, 0.15) is 10.4 Å². The molecule has 0 spiro atoms. The molecule has 0 atom stereocenters. The topological polar surface area (TPSA) is 226 Å². The van der Waals surface area contributed by atoms with Crippen LogP contribution in [-0.2, 0) is 0 Å². The van der Waals surface area contributed by atoms with Gasteiger partial charge < -0.3 is 38.0 Å². The Hall–Kier alpha value is -1.55. The normalized spacial score (nSPS) is 5.33. The van der Waals surface area contributed by atoms with Crippen LogP contribution in [0.5, 0.6) is 0 Å². The van der Waals surface area contributed by atoms with E-state index in [-0.39, 0.29) is 32.9 Å². The summed E-state index contributed by atoms with van der Waals surface area (Å²) in [6.07, 6.45) is 0. The van der Waals surface area contributed by atoms with Gasteiger partial charge in [-0.25, -0.2) is 4.79 Å². The van der Waals surface area contributed by atoms with Gasteiger partial charge in [-0.3, -0.25) is 0 Å². The predicted molar refractivity (Wildman–Crippen MR) is 55.1 cm³/mol. The maximum Gasteiger partial charge on any atom is 0.335 e. The number of rotatable bonds is 1. The van der Waals surface area contributed by atoms with E-state index in [0.717, 1.165) is 0 Å². The first-order valence-electron chi connectivity index (χ1n) is 2.59. The van der Waals surface area contributed by atoms with E-state index in [4.69, 9.17) is 5.11 Å². The Kier molecular flexibility index (Phi) is 45.8. The first-order chi connectivity index (χ1) is 4.30. The average molecular weight is 230 g/mol. The van der Waals surface area contributed by atoms with Crippen LogP contribution in [0.15, 0.2) is 30.3 Å². The number of carboxylic acid groups (broad SMARTS) is 1. The Morgan fingerprint density at radius 3 is 1.33 bits per heavy atom. The third kappa shape index (κ3) is 12.4. The molecular formula is C7H18O8. The Bertz CT molecular complexity index is 211. The second-order valence-electron chi connectivity index (χ2n) is 1.67. The van der Waals surface area contributed by atoms with Gasteiger partial charge in [0.15, 0.2) is 0 Å². The van der Waals surface area contributed by atoms with Crippen molar-refractivity contribution in [3.05, 3.63) is 35.9 Å². The SMILES string of the molecule is O.O.O.O.O.O.O=C(O)c1ccccc1. The lowest BCUT2D eigenvalue weighted by molar-refractivity contribution is 0.0697. The molecule has 0 aliphatic carbocycles. The smallest absolute Gasteiger partial charge is 0.335 e. The number of carboxylic acids is 1. The van der Waals surface area contributed by atoms with E-state index < -0.39 is 5.97 Å². The van der Waals surface area contributed by atoms with Crippen molar-refractivity contribution in [1.82, 2.24) is 0 Å². The van der Waals surface area contributed by atoms with Gasteiger partial charge in [0.1, 0.15) is 0 Å². The van der Waals surface area contributed by atoms with Gasteiger partial charge in [0.2, 0.25) is 0 Å². The van der Waals surface area contributed by atoms with Crippen LogP contribution in [-0.4, -0.2) is 43.9 Å². The van der Waals surface area contributed by atoms with Crippen molar-refractivity contribution in [2.24, 2.45) is 0 Å². The summed E-state index contributed by atoms with van der Waals surface area (Å²) >= 11 is 0. The van der Waals surface area contributed by atoms with Gasteiger partial charge in [0.05, 0.1) is 5.56 Å². The molecule has 13 N–H and O–H groups in total. The maximum atomic E-state index is 10.2.